The molecule has 0 aliphatic carbocycles. The summed E-state index contributed by atoms with van der Waals surface area (Å²) in [5, 5.41) is 0. The van der Waals surface area contributed by atoms with Crippen LogP contribution >= 0.6 is 11.8 Å². The summed E-state index contributed by atoms with van der Waals surface area (Å²) < 4.78 is 0. The van der Waals surface area contributed by atoms with Crippen molar-refractivity contribution in [2.45, 2.75) is 46.0 Å². The number of unbranched alkanes of at least 4 members (excludes halogenated alkanes) is 2. The van der Waals surface area contributed by atoms with Crippen molar-refractivity contribution in [3.05, 3.63) is 0 Å². The fraction of sp³-hybridized carbons (Fsp3) is 1.00. The molecule has 0 rings (SSSR count). The summed E-state index contributed by atoms with van der Waals surface area (Å²) in [5.41, 5.74) is 0. The molecule has 0 aliphatic heterocycles. The molecule has 0 radical (unpaired) electrons. The van der Waals surface area contributed by atoms with Gasteiger partial charge in [0.2, 0.25) is 0 Å². The molecule has 0 aromatic carbocycles. The Bertz CT molecular complexity index is 71.3. The third-order valence-electron chi connectivity index (χ3n) is 2.12. The third-order valence-corrected chi connectivity index (χ3v) is 2.76. The minimum Gasteiger partial charge on any atom is -0.165 e. The second kappa shape index (κ2) is 8.45. The zero-order valence-corrected chi connectivity index (χ0v) is 9.04. The van der Waals surface area contributed by atoms with Crippen molar-refractivity contribution in [2.24, 2.45) is 5.92 Å². The van der Waals surface area contributed by atoms with E-state index in [0.29, 0.717) is 0 Å². The van der Waals surface area contributed by atoms with Crippen LogP contribution in [-0.2, 0) is 0 Å². The molecule has 0 saturated carbocycles. The van der Waals surface area contributed by atoms with E-state index in [9.17, 15) is 0 Å². The summed E-state index contributed by atoms with van der Waals surface area (Å²) in [6.07, 6.45) is 9.25. The summed E-state index contributed by atoms with van der Waals surface area (Å²) in [5.74, 6) is 2.29. The van der Waals surface area contributed by atoms with E-state index in [1.54, 1.807) is 0 Å². The number of hydrogen-bond acceptors (Lipinski definition) is 1. The smallest absolute Gasteiger partial charge is 0.00678 e. The highest BCUT2D eigenvalue weighted by molar-refractivity contribution is 7.98. The van der Waals surface area contributed by atoms with E-state index < -0.39 is 0 Å². The van der Waals surface area contributed by atoms with Gasteiger partial charge in [0, 0.05) is 0 Å². The van der Waals surface area contributed by atoms with Gasteiger partial charge in [0.15, 0.2) is 0 Å². The topological polar surface area (TPSA) is 0 Å². The van der Waals surface area contributed by atoms with Crippen LogP contribution in [0.1, 0.15) is 46.0 Å². The lowest BCUT2D eigenvalue weighted by molar-refractivity contribution is 0.486. The van der Waals surface area contributed by atoms with Crippen LogP contribution in [0.15, 0.2) is 0 Å². The van der Waals surface area contributed by atoms with Crippen molar-refractivity contribution in [1.29, 1.82) is 0 Å². The normalized spacial score (nSPS) is 13.4. The van der Waals surface area contributed by atoms with E-state index in [4.69, 9.17) is 0 Å². The van der Waals surface area contributed by atoms with Gasteiger partial charge in [-0.3, -0.25) is 0 Å². The summed E-state index contributed by atoms with van der Waals surface area (Å²) in [7, 11) is 0. The fourth-order valence-electron chi connectivity index (χ4n) is 1.21. The van der Waals surface area contributed by atoms with Gasteiger partial charge >= 0.3 is 0 Å². The van der Waals surface area contributed by atoms with Crippen LogP contribution in [0, 0.1) is 5.92 Å². The molecule has 0 heterocycles. The molecule has 0 bridgehead atoms. The maximum Gasteiger partial charge on any atom is -0.00678 e. The molecular weight excluding hydrogens is 152 g/mol. The minimum absolute atomic E-state index is 0.953. The first kappa shape index (κ1) is 11.4. The van der Waals surface area contributed by atoms with Gasteiger partial charge in [-0.25, -0.2) is 0 Å². The van der Waals surface area contributed by atoms with Crippen molar-refractivity contribution in [2.75, 3.05) is 12.0 Å². The maximum atomic E-state index is 2.38. The molecule has 0 aliphatic rings. The summed E-state index contributed by atoms with van der Waals surface area (Å²) >= 11 is 1.97. The highest BCUT2D eigenvalue weighted by Crippen LogP contribution is 2.14. The monoisotopic (exact) mass is 174 g/mol. The summed E-state index contributed by atoms with van der Waals surface area (Å²) in [6, 6.07) is 0. The summed E-state index contributed by atoms with van der Waals surface area (Å²) in [4.78, 5) is 0. The Morgan fingerprint density at radius 2 is 1.91 bits per heavy atom. The molecule has 1 heteroatoms. The lowest BCUT2D eigenvalue weighted by Crippen LogP contribution is -1.95. The van der Waals surface area contributed by atoms with Gasteiger partial charge < -0.3 is 0 Å². The predicted molar refractivity (Wildman–Crippen MR) is 56.3 cm³/mol. The Hall–Kier alpha value is 0.350. The van der Waals surface area contributed by atoms with E-state index >= 15 is 0 Å². The molecule has 0 fully saturated rings. The zero-order chi connectivity index (χ0) is 8.53. The highest BCUT2D eigenvalue weighted by atomic mass is 32.2. The van der Waals surface area contributed by atoms with Crippen LogP contribution in [-0.4, -0.2) is 12.0 Å². The van der Waals surface area contributed by atoms with Crippen LogP contribution in [0.5, 0.6) is 0 Å². The first-order valence-electron chi connectivity index (χ1n) is 4.80. The summed E-state index contributed by atoms with van der Waals surface area (Å²) in [6.45, 7) is 4.65. The van der Waals surface area contributed by atoms with E-state index in [-0.39, 0.29) is 0 Å². The van der Waals surface area contributed by atoms with Crippen molar-refractivity contribution in [3.8, 4) is 0 Å². The van der Waals surface area contributed by atoms with Gasteiger partial charge in [-0.05, 0) is 24.3 Å². The van der Waals surface area contributed by atoms with E-state index in [1.165, 1.54) is 37.9 Å². The first-order chi connectivity index (χ1) is 5.31. The van der Waals surface area contributed by atoms with Crippen molar-refractivity contribution < 1.29 is 0 Å². The number of thioether (sulfide) groups is 1. The van der Waals surface area contributed by atoms with Gasteiger partial charge in [-0.2, -0.15) is 11.8 Å². The average molecular weight is 174 g/mol. The van der Waals surface area contributed by atoms with Crippen molar-refractivity contribution >= 4 is 11.8 Å². The molecule has 0 amide bonds. The largest absolute Gasteiger partial charge is 0.165 e. The Morgan fingerprint density at radius 3 is 2.45 bits per heavy atom. The van der Waals surface area contributed by atoms with Crippen LogP contribution < -0.4 is 0 Å². The molecule has 0 aromatic heterocycles. The second-order valence-corrected chi connectivity index (χ2v) is 4.37. The first-order valence-corrected chi connectivity index (χ1v) is 6.19. The Kier molecular flexibility index (Phi) is 8.72. The number of hydrogen-bond donors (Lipinski definition) is 0. The van der Waals surface area contributed by atoms with Crippen molar-refractivity contribution in [3.63, 3.8) is 0 Å². The SMILES string of the molecule is CCCCCC(C)CCSC. The highest BCUT2D eigenvalue weighted by Gasteiger charge is 1.99. The van der Waals surface area contributed by atoms with Crippen LogP contribution in [0.4, 0.5) is 0 Å². The number of rotatable bonds is 7. The Morgan fingerprint density at radius 1 is 1.18 bits per heavy atom. The maximum absolute atomic E-state index is 2.38. The van der Waals surface area contributed by atoms with E-state index in [1.807, 2.05) is 11.8 Å². The van der Waals surface area contributed by atoms with Gasteiger partial charge in [0.1, 0.15) is 0 Å². The second-order valence-electron chi connectivity index (χ2n) is 3.38. The standard InChI is InChI=1S/C10H22S/c1-4-5-6-7-10(2)8-9-11-3/h10H,4-9H2,1-3H3. The van der Waals surface area contributed by atoms with Gasteiger partial charge in [0.05, 0.1) is 0 Å². The molecule has 0 saturated heterocycles. The lowest BCUT2D eigenvalue weighted by Gasteiger charge is -2.08. The molecular formula is C10H22S. The molecule has 0 spiro atoms. The molecule has 11 heavy (non-hydrogen) atoms. The zero-order valence-electron chi connectivity index (χ0n) is 8.23. The van der Waals surface area contributed by atoms with E-state index in [0.717, 1.165) is 5.92 Å². The van der Waals surface area contributed by atoms with Gasteiger partial charge in [-0.1, -0.05) is 39.5 Å². The molecule has 68 valence electrons. The molecule has 0 aromatic rings. The lowest BCUT2D eigenvalue weighted by atomic mass is 10.0. The van der Waals surface area contributed by atoms with Crippen LogP contribution in [0.25, 0.3) is 0 Å². The fourth-order valence-corrected chi connectivity index (χ4v) is 1.84. The van der Waals surface area contributed by atoms with Crippen LogP contribution in [0.3, 0.4) is 0 Å². The minimum atomic E-state index is 0.953. The van der Waals surface area contributed by atoms with Crippen LogP contribution in [0.2, 0.25) is 0 Å². The Balaban J connectivity index is 3.02. The molecule has 1 unspecified atom stereocenters. The average Bonchev–Trinajstić information content (AvgIpc) is 2.01. The van der Waals surface area contributed by atoms with Crippen molar-refractivity contribution in [1.82, 2.24) is 0 Å². The molecule has 0 N–H and O–H groups in total. The Labute approximate surface area is 76.1 Å². The molecule has 1 atom stereocenters. The van der Waals surface area contributed by atoms with Gasteiger partial charge in [0.25, 0.3) is 0 Å². The molecule has 0 nitrogen and oxygen atoms in total. The predicted octanol–water partition coefficient (Wildman–Crippen LogP) is 3.96. The van der Waals surface area contributed by atoms with Gasteiger partial charge in [-0.15, -0.1) is 0 Å². The quantitative estimate of drug-likeness (QED) is 0.527. The van der Waals surface area contributed by atoms with E-state index in [2.05, 4.69) is 20.1 Å². The third kappa shape index (κ3) is 8.25.